The van der Waals surface area contributed by atoms with E-state index in [2.05, 4.69) is 22.3 Å². The van der Waals surface area contributed by atoms with E-state index in [0.29, 0.717) is 5.92 Å². The highest BCUT2D eigenvalue weighted by atomic mass is 19.4. The van der Waals surface area contributed by atoms with Gasteiger partial charge in [0, 0.05) is 63.0 Å². The highest BCUT2D eigenvalue weighted by molar-refractivity contribution is 5.93. The standard InChI is InChI=1S/C19H28N4O2.C2HF3O2/c1-21-10-15(9-20-21)11-22-7-8-25-18-14-23(13-17(18)12-22)19(24)16-5-3-2-4-6-16;3-2(4,5)1(6)7/h5,9-10,17-18H,2-4,6-8,11-14H2,1H3;(H,6,7)/t17-,18+;/m0./s1. The van der Waals surface area contributed by atoms with E-state index in [-0.39, 0.29) is 12.0 Å². The van der Waals surface area contributed by atoms with E-state index in [1.807, 2.05) is 22.8 Å². The molecule has 0 bridgehead atoms. The van der Waals surface area contributed by atoms with Crippen molar-refractivity contribution in [2.45, 2.75) is 44.5 Å². The summed E-state index contributed by atoms with van der Waals surface area (Å²) < 4.78 is 39.7. The molecular weight excluding hydrogens is 429 g/mol. The topological polar surface area (TPSA) is 87.9 Å². The third-order valence-electron chi connectivity index (χ3n) is 5.87. The van der Waals surface area contributed by atoms with Gasteiger partial charge in [0.25, 0.3) is 0 Å². The fourth-order valence-electron chi connectivity index (χ4n) is 4.32. The van der Waals surface area contributed by atoms with Crippen molar-refractivity contribution in [3.63, 3.8) is 0 Å². The largest absolute Gasteiger partial charge is 0.490 e. The fraction of sp³-hybridized carbons (Fsp3) is 0.667. The second-order valence-corrected chi connectivity index (χ2v) is 8.41. The molecule has 32 heavy (non-hydrogen) atoms. The number of hydrogen-bond donors (Lipinski definition) is 1. The first-order chi connectivity index (χ1) is 15.1. The monoisotopic (exact) mass is 458 g/mol. The van der Waals surface area contributed by atoms with E-state index in [1.165, 1.54) is 12.0 Å². The number of allylic oxidation sites excluding steroid dienone is 1. The number of alkyl halides is 3. The van der Waals surface area contributed by atoms with E-state index in [4.69, 9.17) is 14.6 Å². The van der Waals surface area contributed by atoms with Crippen LogP contribution in [0.15, 0.2) is 24.0 Å². The van der Waals surface area contributed by atoms with Gasteiger partial charge in [0.15, 0.2) is 0 Å². The van der Waals surface area contributed by atoms with Gasteiger partial charge in [-0.05, 0) is 25.7 Å². The smallest absolute Gasteiger partial charge is 0.475 e. The van der Waals surface area contributed by atoms with Gasteiger partial charge in [-0.2, -0.15) is 18.3 Å². The first-order valence-electron chi connectivity index (χ1n) is 10.7. The summed E-state index contributed by atoms with van der Waals surface area (Å²) in [6.45, 7) is 5.15. The van der Waals surface area contributed by atoms with Gasteiger partial charge in [-0.15, -0.1) is 0 Å². The average Bonchev–Trinajstić information content (AvgIpc) is 3.28. The molecule has 1 N–H and O–H groups in total. The van der Waals surface area contributed by atoms with Crippen LogP contribution in [-0.2, 0) is 27.9 Å². The number of halogens is 3. The first-order valence-corrected chi connectivity index (χ1v) is 10.7. The van der Waals surface area contributed by atoms with Gasteiger partial charge in [0.2, 0.25) is 5.91 Å². The number of carboxylic acid groups (broad SMARTS) is 1. The summed E-state index contributed by atoms with van der Waals surface area (Å²) in [4.78, 5) is 26.1. The fourth-order valence-corrected chi connectivity index (χ4v) is 4.32. The Bertz CT molecular complexity index is 839. The van der Waals surface area contributed by atoms with Gasteiger partial charge in [-0.25, -0.2) is 4.79 Å². The van der Waals surface area contributed by atoms with Crippen molar-refractivity contribution < 1.29 is 32.6 Å². The molecule has 3 aliphatic rings. The maximum Gasteiger partial charge on any atom is 0.490 e. The number of aryl methyl sites for hydroxylation is 1. The molecule has 4 rings (SSSR count). The number of carbonyl (C=O) groups excluding carboxylic acids is 1. The molecule has 3 heterocycles. The van der Waals surface area contributed by atoms with Crippen molar-refractivity contribution in [1.82, 2.24) is 19.6 Å². The summed E-state index contributed by atoms with van der Waals surface area (Å²) in [5, 5.41) is 11.4. The van der Waals surface area contributed by atoms with Gasteiger partial charge in [-0.3, -0.25) is 14.4 Å². The van der Waals surface area contributed by atoms with Gasteiger partial charge in [0.05, 0.1) is 18.9 Å². The number of likely N-dealkylation sites (tertiary alicyclic amines) is 1. The number of carbonyl (C=O) groups is 2. The second kappa shape index (κ2) is 10.5. The minimum absolute atomic E-state index is 0.187. The van der Waals surface area contributed by atoms with E-state index in [1.54, 1.807) is 0 Å². The molecular formula is C21H29F3N4O4. The minimum Gasteiger partial charge on any atom is -0.475 e. The highest BCUT2D eigenvalue weighted by Crippen LogP contribution is 2.27. The zero-order valence-electron chi connectivity index (χ0n) is 18.1. The number of ether oxygens (including phenoxy) is 1. The van der Waals surface area contributed by atoms with Crippen LogP contribution in [0.1, 0.15) is 31.2 Å². The van der Waals surface area contributed by atoms with Crippen molar-refractivity contribution in [3.05, 3.63) is 29.6 Å². The van der Waals surface area contributed by atoms with Gasteiger partial charge in [-0.1, -0.05) is 6.08 Å². The van der Waals surface area contributed by atoms with Crippen LogP contribution in [0.5, 0.6) is 0 Å². The summed E-state index contributed by atoms with van der Waals surface area (Å²) in [5.41, 5.74) is 2.26. The molecule has 1 aromatic heterocycles. The van der Waals surface area contributed by atoms with Crippen LogP contribution < -0.4 is 0 Å². The van der Waals surface area contributed by atoms with E-state index in [0.717, 1.165) is 64.2 Å². The number of rotatable bonds is 3. The molecule has 0 spiro atoms. The lowest BCUT2D eigenvalue weighted by molar-refractivity contribution is -0.192. The maximum absolute atomic E-state index is 12.8. The summed E-state index contributed by atoms with van der Waals surface area (Å²) >= 11 is 0. The zero-order valence-corrected chi connectivity index (χ0v) is 18.1. The number of carboxylic acids is 1. The number of fused-ring (bicyclic) bond motifs is 1. The molecule has 2 saturated heterocycles. The summed E-state index contributed by atoms with van der Waals surface area (Å²) in [6.07, 6.45) is 5.62. The molecule has 2 atom stereocenters. The molecule has 0 saturated carbocycles. The Labute approximate surface area is 184 Å². The van der Waals surface area contributed by atoms with Crippen LogP contribution in [0.4, 0.5) is 13.2 Å². The Balaban J connectivity index is 0.000000360. The van der Waals surface area contributed by atoms with E-state index >= 15 is 0 Å². The van der Waals surface area contributed by atoms with Crippen LogP contribution in [0.3, 0.4) is 0 Å². The Morgan fingerprint density at radius 1 is 1.25 bits per heavy atom. The van der Waals surface area contributed by atoms with Crippen molar-refractivity contribution in [2.24, 2.45) is 13.0 Å². The molecule has 1 aliphatic carbocycles. The molecule has 0 aromatic carbocycles. The normalized spacial score (nSPS) is 24.1. The number of aromatic nitrogens is 2. The zero-order chi connectivity index (χ0) is 23.3. The Morgan fingerprint density at radius 2 is 2.00 bits per heavy atom. The number of amides is 1. The molecule has 2 fully saturated rings. The molecule has 0 radical (unpaired) electrons. The van der Waals surface area contributed by atoms with Crippen LogP contribution in [-0.4, -0.2) is 81.6 Å². The minimum atomic E-state index is -5.08. The third kappa shape index (κ3) is 6.55. The van der Waals surface area contributed by atoms with Crippen molar-refractivity contribution in [3.8, 4) is 0 Å². The number of hydrogen-bond acceptors (Lipinski definition) is 5. The molecule has 8 nitrogen and oxygen atoms in total. The van der Waals surface area contributed by atoms with E-state index in [9.17, 15) is 18.0 Å². The second-order valence-electron chi connectivity index (χ2n) is 8.41. The van der Waals surface area contributed by atoms with Gasteiger partial charge in [0.1, 0.15) is 0 Å². The lowest BCUT2D eigenvalue weighted by atomic mass is 9.99. The van der Waals surface area contributed by atoms with E-state index < -0.39 is 12.1 Å². The summed E-state index contributed by atoms with van der Waals surface area (Å²) in [6, 6.07) is 0. The van der Waals surface area contributed by atoms with Crippen LogP contribution >= 0.6 is 0 Å². The van der Waals surface area contributed by atoms with Crippen molar-refractivity contribution in [1.29, 1.82) is 0 Å². The van der Waals surface area contributed by atoms with Crippen LogP contribution in [0.25, 0.3) is 0 Å². The predicted molar refractivity (Wildman–Crippen MR) is 109 cm³/mol. The molecule has 178 valence electrons. The molecule has 0 unspecified atom stereocenters. The van der Waals surface area contributed by atoms with Crippen LogP contribution in [0.2, 0.25) is 0 Å². The Kier molecular flexibility index (Phi) is 7.94. The van der Waals surface area contributed by atoms with Gasteiger partial charge < -0.3 is 14.7 Å². The van der Waals surface area contributed by atoms with Crippen LogP contribution in [0, 0.1) is 5.92 Å². The summed E-state index contributed by atoms with van der Waals surface area (Å²) in [5.74, 6) is -2.10. The van der Waals surface area contributed by atoms with Gasteiger partial charge >= 0.3 is 12.1 Å². The molecule has 1 amide bonds. The molecule has 2 aliphatic heterocycles. The summed E-state index contributed by atoms with van der Waals surface area (Å²) in [7, 11) is 1.95. The first kappa shape index (κ1) is 24.2. The number of aliphatic carboxylic acids is 1. The highest BCUT2D eigenvalue weighted by Gasteiger charge is 2.39. The Morgan fingerprint density at radius 3 is 2.59 bits per heavy atom. The third-order valence-corrected chi connectivity index (χ3v) is 5.87. The Hall–Kier alpha value is -2.40. The predicted octanol–water partition coefficient (Wildman–Crippen LogP) is 2.21. The maximum atomic E-state index is 12.8. The van der Waals surface area contributed by atoms with Crippen molar-refractivity contribution >= 4 is 11.9 Å². The lowest BCUT2D eigenvalue weighted by Crippen LogP contribution is -2.34. The lowest BCUT2D eigenvalue weighted by Gasteiger charge is -2.23. The quantitative estimate of drug-likeness (QED) is 0.748. The van der Waals surface area contributed by atoms with Crippen molar-refractivity contribution in [2.75, 3.05) is 32.8 Å². The average molecular weight is 458 g/mol. The SMILES string of the molecule is Cn1cc(CN2CCO[C@@H]3CN(C(=O)C4=CCCCC4)C[C@@H]3C2)cn1.O=C(O)C(F)(F)F. The molecule has 11 heteroatoms. The molecule has 1 aromatic rings. The number of nitrogens with zero attached hydrogens (tertiary/aromatic N) is 4.